The second-order valence-electron chi connectivity index (χ2n) is 5.90. The second kappa shape index (κ2) is 7.68. The monoisotopic (exact) mass is 384 g/mol. The van der Waals surface area contributed by atoms with Gasteiger partial charge in [-0.2, -0.15) is 0 Å². The summed E-state index contributed by atoms with van der Waals surface area (Å²) in [7, 11) is 0. The van der Waals surface area contributed by atoms with Crippen LogP contribution in [0.2, 0.25) is 0 Å². The smallest absolute Gasteiger partial charge is 0.321 e. The average molecular weight is 385 g/mol. The Morgan fingerprint density at radius 2 is 2.13 bits per heavy atom. The number of anilines is 1. The van der Waals surface area contributed by atoms with Gasteiger partial charge in [-0.3, -0.25) is 4.79 Å². The summed E-state index contributed by atoms with van der Waals surface area (Å²) >= 11 is 3.39. The number of carboxylic acid groups (broad SMARTS) is 1. The van der Waals surface area contributed by atoms with Gasteiger partial charge in [-0.05, 0) is 38.8 Å². The van der Waals surface area contributed by atoms with Crippen molar-refractivity contribution >= 4 is 33.6 Å². The summed E-state index contributed by atoms with van der Waals surface area (Å²) in [5.41, 5.74) is 0.609. The Morgan fingerprint density at radius 3 is 2.78 bits per heavy atom. The molecule has 2 rings (SSSR count). The third-order valence-electron chi connectivity index (χ3n) is 3.55. The standard InChI is InChI=1S/C16H21BrN2O4/c1-10(2)23-14-7-12(17)6-13(8-14)18-16(22)19-5-3-4-11(9-19)15(20)21/h6-8,10-11H,3-5,9H2,1-2H3,(H,18,22)(H,20,21). The van der Waals surface area contributed by atoms with Crippen LogP contribution in [0.5, 0.6) is 5.75 Å². The summed E-state index contributed by atoms with van der Waals surface area (Å²) in [6, 6.07) is 5.08. The van der Waals surface area contributed by atoms with E-state index in [2.05, 4.69) is 21.2 Å². The molecular formula is C16H21BrN2O4. The molecule has 0 spiro atoms. The van der Waals surface area contributed by atoms with E-state index < -0.39 is 11.9 Å². The largest absolute Gasteiger partial charge is 0.491 e. The number of carboxylic acids is 1. The van der Waals surface area contributed by atoms with E-state index in [1.54, 1.807) is 17.0 Å². The van der Waals surface area contributed by atoms with Gasteiger partial charge in [0, 0.05) is 29.3 Å². The first-order chi connectivity index (χ1) is 10.8. The first-order valence-corrected chi connectivity index (χ1v) is 8.40. The normalized spacial score (nSPS) is 17.9. The maximum atomic E-state index is 12.3. The Kier molecular flexibility index (Phi) is 5.87. The van der Waals surface area contributed by atoms with Crippen LogP contribution in [0.4, 0.5) is 10.5 Å². The van der Waals surface area contributed by atoms with E-state index in [1.807, 2.05) is 19.9 Å². The topological polar surface area (TPSA) is 78.9 Å². The predicted molar refractivity (Wildman–Crippen MR) is 90.9 cm³/mol. The van der Waals surface area contributed by atoms with Crippen LogP contribution in [0, 0.1) is 5.92 Å². The number of hydrogen-bond donors (Lipinski definition) is 2. The van der Waals surface area contributed by atoms with E-state index in [4.69, 9.17) is 9.84 Å². The molecule has 7 heteroatoms. The van der Waals surface area contributed by atoms with Crippen LogP contribution in [0.15, 0.2) is 22.7 Å². The van der Waals surface area contributed by atoms with Crippen LogP contribution in [0.3, 0.4) is 0 Å². The van der Waals surface area contributed by atoms with Crippen LogP contribution in [-0.2, 0) is 4.79 Å². The average Bonchev–Trinajstić information content (AvgIpc) is 2.45. The molecule has 0 bridgehead atoms. The molecule has 1 aliphatic heterocycles. The molecule has 1 saturated heterocycles. The Hall–Kier alpha value is -1.76. The maximum absolute atomic E-state index is 12.3. The Bertz CT molecular complexity index is 591. The third-order valence-corrected chi connectivity index (χ3v) is 4.01. The van der Waals surface area contributed by atoms with Gasteiger partial charge in [-0.15, -0.1) is 0 Å². The molecule has 6 nitrogen and oxygen atoms in total. The summed E-state index contributed by atoms with van der Waals surface area (Å²) < 4.78 is 6.44. The third kappa shape index (κ3) is 5.13. The van der Waals surface area contributed by atoms with Crippen molar-refractivity contribution in [1.29, 1.82) is 0 Å². The molecule has 0 aliphatic carbocycles. The Balaban J connectivity index is 2.04. The fourth-order valence-electron chi connectivity index (χ4n) is 2.54. The lowest BCUT2D eigenvalue weighted by Gasteiger charge is -2.30. The zero-order chi connectivity index (χ0) is 17.0. The van der Waals surface area contributed by atoms with Crippen LogP contribution in [0.25, 0.3) is 0 Å². The zero-order valence-electron chi connectivity index (χ0n) is 13.2. The quantitative estimate of drug-likeness (QED) is 0.831. The van der Waals surface area contributed by atoms with E-state index >= 15 is 0 Å². The summed E-state index contributed by atoms with van der Waals surface area (Å²) in [5, 5.41) is 11.9. The van der Waals surface area contributed by atoms with Crippen molar-refractivity contribution in [1.82, 2.24) is 4.90 Å². The molecule has 0 saturated carbocycles. The highest BCUT2D eigenvalue weighted by Gasteiger charge is 2.28. The van der Waals surface area contributed by atoms with Crippen molar-refractivity contribution in [2.45, 2.75) is 32.8 Å². The fourth-order valence-corrected chi connectivity index (χ4v) is 3.01. The number of carbonyl (C=O) groups excluding carboxylic acids is 1. The number of nitrogens with zero attached hydrogens (tertiary/aromatic N) is 1. The number of halogens is 1. The van der Waals surface area contributed by atoms with Crippen molar-refractivity contribution < 1.29 is 19.4 Å². The number of benzene rings is 1. The maximum Gasteiger partial charge on any atom is 0.321 e. The van der Waals surface area contributed by atoms with E-state index in [0.717, 1.165) is 4.47 Å². The van der Waals surface area contributed by atoms with Crippen LogP contribution >= 0.6 is 15.9 Å². The Morgan fingerprint density at radius 1 is 1.39 bits per heavy atom. The van der Waals surface area contributed by atoms with Crippen LogP contribution in [0.1, 0.15) is 26.7 Å². The van der Waals surface area contributed by atoms with Crippen LogP contribution in [-0.4, -0.2) is 41.2 Å². The van der Waals surface area contributed by atoms with Crippen molar-refractivity contribution in [3.8, 4) is 5.75 Å². The van der Waals surface area contributed by atoms with E-state index in [0.29, 0.717) is 30.8 Å². The lowest BCUT2D eigenvalue weighted by molar-refractivity contribution is -0.143. The SMILES string of the molecule is CC(C)Oc1cc(Br)cc(NC(=O)N2CCCC(C(=O)O)C2)c1. The van der Waals surface area contributed by atoms with Gasteiger partial charge in [0.05, 0.1) is 12.0 Å². The number of likely N-dealkylation sites (tertiary alicyclic amines) is 1. The molecule has 1 atom stereocenters. The van der Waals surface area contributed by atoms with Gasteiger partial charge in [-0.25, -0.2) is 4.79 Å². The zero-order valence-corrected chi connectivity index (χ0v) is 14.8. The second-order valence-corrected chi connectivity index (χ2v) is 6.81. The van der Waals surface area contributed by atoms with E-state index in [9.17, 15) is 9.59 Å². The molecule has 23 heavy (non-hydrogen) atoms. The minimum absolute atomic E-state index is 0.0336. The molecule has 126 valence electrons. The fraction of sp³-hybridized carbons (Fsp3) is 0.500. The molecule has 1 aromatic rings. The van der Waals surface area contributed by atoms with Crippen molar-refractivity contribution in [2.75, 3.05) is 18.4 Å². The summed E-state index contributed by atoms with van der Waals surface area (Å²) in [5.74, 6) is -0.679. The summed E-state index contributed by atoms with van der Waals surface area (Å²) in [6.07, 6.45) is 1.35. The van der Waals surface area contributed by atoms with E-state index in [-0.39, 0.29) is 18.7 Å². The molecule has 1 fully saturated rings. The lowest BCUT2D eigenvalue weighted by Crippen LogP contribution is -2.44. The molecule has 2 amide bonds. The van der Waals surface area contributed by atoms with Gasteiger partial charge in [0.15, 0.2) is 0 Å². The molecule has 1 unspecified atom stereocenters. The number of hydrogen-bond acceptors (Lipinski definition) is 3. The number of urea groups is 1. The Labute approximate surface area is 143 Å². The first kappa shape index (κ1) is 17.6. The number of rotatable bonds is 4. The minimum Gasteiger partial charge on any atom is -0.491 e. The summed E-state index contributed by atoms with van der Waals surface area (Å²) in [6.45, 7) is 4.67. The van der Waals surface area contributed by atoms with Gasteiger partial charge in [0.25, 0.3) is 0 Å². The van der Waals surface area contributed by atoms with Gasteiger partial charge >= 0.3 is 12.0 Å². The highest BCUT2D eigenvalue weighted by molar-refractivity contribution is 9.10. The number of aliphatic carboxylic acids is 1. The summed E-state index contributed by atoms with van der Waals surface area (Å²) in [4.78, 5) is 25.0. The number of carbonyl (C=O) groups is 2. The highest BCUT2D eigenvalue weighted by Crippen LogP contribution is 2.26. The number of amides is 2. The van der Waals surface area contributed by atoms with Gasteiger partial charge in [0.2, 0.25) is 0 Å². The van der Waals surface area contributed by atoms with Crippen LogP contribution < -0.4 is 10.1 Å². The number of nitrogens with one attached hydrogen (secondary N) is 1. The van der Waals surface area contributed by atoms with E-state index in [1.165, 1.54) is 0 Å². The van der Waals surface area contributed by atoms with Crippen molar-refractivity contribution in [3.63, 3.8) is 0 Å². The highest BCUT2D eigenvalue weighted by atomic mass is 79.9. The van der Waals surface area contributed by atoms with Crippen molar-refractivity contribution in [3.05, 3.63) is 22.7 Å². The van der Waals surface area contributed by atoms with Gasteiger partial charge in [0.1, 0.15) is 5.75 Å². The number of piperidine rings is 1. The van der Waals surface area contributed by atoms with Gasteiger partial charge < -0.3 is 20.1 Å². The molecule has 0 aromatic heterocycles. The molecule has 1 aliphatic rings. The predicted octanol–water partition coefficient (Wildman–Crippen LogP) is 3.56. The minimum atomic E-state index is -0.849. The van der Waals surface area contributed by atoms with Crippen molar-refractivity contribution in [2.24, 2.45) is 5.92 Å². The molecular weight excluding hydrogens is 364 g/mol. The molecule has 1 heterocycles. The molecule has 0 radical (unpaired) electrons. The van der Waals surface area contributed by atoms with Gasteiger partial charge in [-0.1, -0.05) is 15.9 Å². The lowest BCUT2D eigenvalue weighted by atomic mass is 9.99. The first-order valence-electron chi connectivity index (χ1n) is 7.61. The number of ether oxygens (including phenoxy) is 1. The molecule has 2 N–H and O–H groups in total. The molecule has 1 aromatic carbocycles.